The van der Waals surface area contributed by atoms with E-state index < -0.39 is 6.09 Å². The molecule has 0 saturated carbocycles. The highest BCUT2D eigenvalue weighted by Gasteiger charge is 2.06. The first kappa shape index (κ1) is 17.3. The number of carbonyl (C=O) groups excluding carboxylic acids is 2. The van der Waals surface area contributed by atoms with Crippen LogP contribution in [0, 0.1) is 0 Å². The summed E-state index contributed by atoms with van der Waals surface area (Å²) in [6.07, 6.45) is 0.304. The van der Waals surface area contributed by atoms with Gasteiger partial charge < -0.3 is 21.1 Å². The van der Waals surface area contributed by atoms with Crippen LogP contribution in [0.5, 0.6) is 0 Å². The minimum atomic E-state index is -0.494. The molecule has 2 aromatic rings. The van der Waals surface area contributed by atoms with Gasteiger partial charge in [0.15, 0.2) is 0 Å². The molecular formula is C18H21N3O3. The van der Waals surface area contributed by atoms with Gasteiger partial charge in [-0.25, -0.2) is 4.79 Å². The normalized spacial score (nSPS) is 10.0. The van der Waals surface area contributed by atoms with Crippen molar-refractivity contribution in [2.24, 2.45) is 0 Å². The lowest BCUT2D eigenvalue weighted by Gasteiger charge is -2.09. The molecule has 0 atom stereocenters. The molecule has 0 aliphatic rings. The van der Waals surface area contributed by atoms with E-state index in [9.17, 15) is 9.59 Å². The number of hydrogen-bond acceptors (Lipinski definition) is 4. The maximum absolute atomic E-state index is 11.8. The van der Waals surface area contributed by atoms with Crippen molar-refractivity contribution >= 4 is 23.4 Å². The van der Waals surface area contributed by atoms with Gasteiger partial charge in [0, 0.05) is 13.0 Å². The van der Waals surface area contributed by atoms with Gasteiger partial charge >= 0.3 is 6.09 Å². The first-order valence-corrected chi connectivity index (χ1v) is 7.74. The summed E-state index contributed by atoms with van der Waals surface area (Å²) in [6, 6.07) is 16.5. The van der Waals surface area contributed by atoms with Crippen molar-refractivity contribution < 1.29 is 14.3 Å². The Kier molecular flexibility index (Phi) is 6.64. The van der Waals surface area contributed by atoms with E-state index in [2.05, 4.69) is 10.6 Å². The lowest BCUT2D eigenvalue weighted by molar-refractivity contribution is -0.116. The van der Waals surface area contributed by atoms with Crippen LogP contribution >= 0.6 is 0 Å². The highest BCUT2D eigenvalue weighted by molar-refractivity contribution is 5.93. The number of para-hydroxylation sites is 2. The molecule has 6 heteroatoms. The van der Waals surface area contributed by atoms with E-state index in [4.69, 9.17) is 10.5 Å². The SMILES string of the molecule is Nc1ccccc1NC(=O)CCCNC(=O)OCc1ccccc1. The van der Waals surface area contributed by atoms with Gasteiger partial charge in [0.2, 0.25) is 5.91 Å². The summed E-state index contributed by atoms with van der Waals surface area (Å²) < 4.78 is 5.08. The summed E-state index contributed by atoms with van der Waals surface area (Å²) in [5, 5.41) is 5.35. The third kappa shape index (κ3) is 6.00. The van der Waals surface area contributed by atoms with Crippen LogP contribution in [-0.4, -0.2) is 18.5 Å². The maximum Gasteiger partial charge on any atom is 0.407 e. The Bertz CT molecular complexity index is 674. The van der Waals surface area contributed by atoms with Crippen LogP contribution in [-0.2, 0) is 16.1 Å². The van der Waals surface area contributed by atoms with Crippen molar-refractivity contribution in [3.8, 4) is 0 Å². The summed E-state index contributed by atoms with van der Waals surface area (Å²) in [5.41, 5.74) is 7.80. The Morgan fingerprint density at radius 1 is 1.00 bits per heavy atom. The molecule has 2 aromatic carbocycles. The van der Waals surface area contributed by atoms with E-state index in [1.165, 1.54) is 0 Å². The summed E-state index contributed by atoms with van der Waals surface area (Å²) in [4.78, 5) is 23.4. The third-order valence-corrected chi connectivity index (χ3v) is 3.30. The molecule has 2 rings (SSSR count). The molecule has 2 amide bonds. The summed E-state index contributed by atoms with van der Waals surface area (Å²) in [7, 11) is 0. The minimum absolute atomic E-state index is 0.146. The number of amides is 2. The Balaban J connectivity index is 1.59. The highest BCUT2D eigenvalue weighted by Crippen LogP contribution is 2.16. The van der Waals surface area contributed by atoms with E-state index in [1.54, 1.807) is 24.3 Å². The van der Waals surface area contributed by atoms with Gasteiger partial charge in [-0.3, -0.25) is 4.79 Å². The standard InChI is InChI=1S/C18H21N3O3/c19-15-9-4-5-10-16(15)21-17(22)11-6-12-20-18(23)24-13-14-7-2-1-3-8-14/h1-5,7-10H,6,11-13,19H2,(H,20,23)(H,21,22). The highest BCUT2D eigenvalue weighted by atomic mass is 16.5. The number of benzene rings is 2. The number of nitrogens with one attached hydrogen (secondary N) is 2. The van der Waals surface area contributed by atoms with Crippen LogP contribution in [0.15, 0.2) is 54.6 Å². The molecule has 0 bridgehead atoms. The van der Waals surface area contributed by atoms with Gasteiger partial charge in [-0.15, -0.1) is 0 Å². The molecular weight excluding hydrogens is 306 g/mol. The fraction of sp³-hybridized carbons (Fsp3) is 0.222. The molecule has 24 heavy (non-hydrogen) atoms. The number of rotatable bonds is 7. The van der Waals surface area contributed by atoms with E-state index in [1.807, 2.05) is 30.3 Å². The monoisotopic (exact) mass is 327 g/mol. The van der Waals surface area contributed by atoms with Crippen LogP contribution in [0.4, 0.5) is 16.2 Å². The second-order valence-electron chi connectivity index (χ2n) is 5.23. The van der Waals surface area contributed by atoms with E-state index in [-0.39, 0.29) is 18.9 Å². The molecule has 126 valence electrons. The maximum atomic E-state index is 11.8. The number of ether oxygens (including phenoxy) is 1. The Morgan fingerprint density at radius 2 is 1.71 bits per heavy atom. The van der Waals surface area contributed by atoms with Gasteiger partial charge in [-0.2, -0.15) is 0 Å². The van der Waals surface area contributed by atoms with Crippen molar-refractivity contribution in [1.29, 1.82) is 0 Å². The molecule has 4 N–H and O–H groups in total. The van der Waals surface area contributed by atoms with Crippen molar-refractivity contribution in [2.75, 3.05) is 17.6 Å². The Hall–Kier alpha value is -3.02. The largest absolute Gasteiger partial charge is 0.445 e. The molecule has 0 spiro atoms. The van der Waals surface area contributed by atoms with Crippen molar-refractivity contribution in [1.82, 2.24) is 5.32 Å². The molecule has 0 radical (unpaired) electrons. The van der Waals surface area contributed by atoms with E-state index >= 15 is 0 Å². The van der Waals surface area contributed by atoms with Crippen LogP contribution in [0.1, 0.15) is 18.4 Å². The first-order valence-electron chi connectivity index (χ1n) is 7.74. The number of nitrogens with two attached hydrogens (primary N) is 1. The van der Waals surface area contributed by atoms with Crippen LogP contribution < -0.4 is 16.4 Å². The fourth-order valence-corrected chi connectivity index (χ4v) is 2.04. The summed E-state index contributed by atoms with van der Waals surface area (Å²) in [5.74, 6) is -0.146. The third-order valence-electron chi connectivity index (χ3n) is 3.30. The average Bonchev–Trinajstić information content (AvgIpc) is 2.60. The second-order valence-corrected chi connectivity index (χ2v) is 5.23. The summed E-state index contributed by atoms with van der Waals surface area (Å²) >= 11 is 0. The van der Waals surface area contributed by atoms with Crippen LogP contribution in [0.3, 0.4) is 0 Å². The predicted molar refractivity (Wildman–Crippen MR) is 93.3 cm³/mol. The number of anilines is 2. The van der Waals surface area contributed by atoms with Gasteiger partial charge in [0.25, 0.3) is 0 Å². The molecule has 0 heterocycles. The lowest BCUT2D eigenvalue weighted by Crippen LogP contribution is -2.26. The lowest BCUT2D eigenvalue weighted by atomic mass is 10.2. The zero-order valence-corrected chi connectivity index (χ0v) is 13.3. The van der Waals surface area contributed by atoms with Crippen molar-refractivity contribution in [3.05, 3.63) is 60.2 Å². The number of alkyl carbamates (subject to hydrolysis) is 1. The second kappa shape index (κ2) is 9.19. The quantitative estimate of drug-likeness (QED) is 0.538. The van der Waals surface area contributed by atoms with Crippen LogP contribution in [0.2, 0.25) is 0 Å². The van der Waals surface area contributed by atoms with Gasteiger partial charge in [-0.1, -0.05) is 42.5 Å². The van der Waals surface area contributed by atoms with Crippen LogP contribution in [0.25, 0.3) is 0 Å². The molecule has 0 unspecified atom stereocenters. The Labute approximate surface area is 141 Å². The number of nitrogen functional groups attached to an aromatic ring is 1. The van der Waals surface area contributed by atoms with Crippen molar-refractivity contribution in [3.63, 3.8) is 0 Å². The molecule has 0 aromatic heterocycles. The van der Waals surface area contributed by atoms with E-state index in [0.29, 0.717) is 24.3 Å². The van der Waals surface area contributed by atoms with Gasteiger partial charge in [0.05, 0.1) is 11.4 Å². The van der Waals surface area contributed by atoms with Crippen molar-refractivity contribution in [2.45, 2.75) is 19.4 Å². The summed E-state index contributed by atoms with van der Waals surface area (Å²) in [6.45, 7) is 0.589. The fourth-order valence-electron chi connectivity index (χ4n) is 2.04. The zero-order chi connectivity index (χ0) is 17.2. The van der Waals surface area contributed by atoms with E-state index in [0.717, 1.165) is 5.56 Å². The van der Waals surface area contributed by atoms with Gasteiger partial charge in [-0.05, 0) is 24.1 Å². The topological polar surface area (TPSA) is 93.5 Å². The molecule has 0 aliphatic carbocycles. The smallest absolute Gasteiger partial charge is 0.407 e. The minimum Gasteiger partial charge on any atom is -0.445 e. The average molecular weight is 327 g/mol. The first-order chi connectivity index (χ1) is 11.6. The number of hydrogen-bond donors (Lipinski definition) is 3. The van der Waals surface area contributed by atoms with Gasteiger partial charge in [0.1, 0.15) is 6.61 Å². The molecule has 0 aliphatic heterocycles. The molecule has 6 nitrogen and oxygen atoms in total. The predicted octanol–water partition coefficient (Wildman–Crippen LogP) is 2.91. The zero-order valence-electron chi connectivity index (χ0n) is 13.3. The number of carbonyl (C=O) groups is 2. The molecule has 0 saturated heterocycles. The Morgan fingerprint density at radius 3 is 2.46 bits per heavy atom. The molecule has 0 fully saturated rings.